The van der Waals surface area contributed by atoms with E-state index in [1.165, 1.54) is 0 Å². The summed E-state index contributed by atoms with van der Waals surface area (Å²) in [4.78, 5) is 27.2. The lowest BCUT2D eigenvalue weighted by molar-refractivity contribution is 0.0742. The summed E-state index contributed by atoms with van der Waals surface area (Å²) >= 11 is 0. The maximum absolute atomic E-state index is 12.9. The Labute approximate surface area is 181 Å². The molecule has 31 heavy (non-hydrogen) atoms. The number of carbonyl (C=O) groups is 2. The molecule has 3 rings (SSSR count). The molecule has 6 heteroatoms. The van der Waals surface area contributed by atoms with Gasteiger partial charge in [-0.3, -0.25) is 9.59 Å². The first-order chi connectivity index (χ1) is 15.1. The van der Waals surface area contributed by atoms with Crippen molar-refractivity contribution in [3.05, 3.63) is 101 Å². The number of nitrogens with one attached hydrogen (secondary N) is 1. The van der Waals surface area contributed by atoms with Gasteiger partial charge in [-0.1, -0.05) is 30.3 Å². The maximum Gasteiger partial charge on any atom is 0.255 e. The summed E-state index contributed by atoms with van der Waals surface area (Å²) in [5, 5.41) is 11.8. The van der Waals surface area contributed by atoms with E-state index in [1.54, 1.807) is 47.4 Å². The van der Waals surface area contributed by atoms with E-state index in [1.807, 2.05) is 42.5 Å². The van der Waals surface area contributed by atoms with Crippen LogP contribution in [0.5, 0.6) is 0 Å². The van der Waals surface area contributed by atoms with Crippen LogP contribution < -0.4 is 11.1 Å². The van der Waals surface area contributed by atoms with Crippen molar-refractivity contribution in [1.82, 2.24) is 4.90 Å². The Hall–Kier alpha value is -3.95. The molecule has 0 radical (unpaired) electrons. The minimum absolute atomic E-state index is 0.0546. The van der Waals surface area contributed by atoms with Gasteiger partial charge in [-0.25, -0.2) is 0 Å². The van der Waals surface area contributed by atoms with E-state index in [-0.39, 0.29) is 11.8 Å². The average molecular weight is 412 g/mol. The zero-order valence-corrected chi connectivity index (χ0v) is 17.1. The molecule has 3 aromatic rings. The lowest BCUT2D eigenvalue weighted by Gasteiger charge is -2.23. The number of nitriles is 1. The molecule has 0 aromatic heterocycles. The number of hydrogen-bond donors (Lipinski definition) is 2. The minimum atomic E-state index is -0.262. The van der Waals surface area contributed by atoms with Crippen molar-refractivity contribution in [2.75, 3.05) is 18.4 Å². The normalized spacial score (nSPS) is 10.2. The predicted octanol–water partition coefficient (Wildman–Crippen LogP) is 3.80. The van der Waals surface area contributed by atoms with Gasteiger partial charge in [-0.05, 0) is 67.1 Å². The van der Waals surface area contributed by atoms with Gasteiger partial charge in [0.15, 0.2) is 0 Å². The molecule has 0 aliphatic carbocycles. The Balaban J connectivity index is 1.73. The van der Waals surface area contributed by atoms with Crippen LogP contribution in [0.2, 0.25) is 0 Å². The van der Waals surface area contributed by atoms with Crippen molar-refractivity contribution in [3.63, 3.8) is 0 Å². The Morgan fingerprint density at radius 2 is 1.68 bits per heavy atom. The fourth-order valence-electron chi connectivity index (χ4n) is 3.17. The molecule has 2 amide bonds. The first kappa shape index (κ1) is 21.8. The van der Waals surface area contributed by atoms with E-state index >= 15 is 0 Å². The highest BCUT2D eigenvalue weighted by atomic mass is 16.2. The van der Waals surface area contributed by atoms with Crippen molar-refractivity contribution in [1.29, 1.82) is 5.26 Å². The van der Waals surface area contributed by atoms with Crippen LogP contribution in [0.15, 0.2) is 78.9 Å². The number of hydrogen-bond acceptors (Lipinski definition) is 4. The zero-order chi connectivity index (χ0) is 22.1. The third-order valence-corrected chi connectivity index (χ3v) is 4.77. The molecule has 0 saturated heterocycles. The first-order valence-electron chi connectivity index (χ1n) is 10.1. The highest BCUT2D eigenvalue weighted by Gasteiger charge is 2.16. The molecule has 0 saturated carbocycles. The molecule has 3 N–H and O–H groups in total. The van der Waals surface area contributed by atoms with Crippen LogP contribution in [0.1, 0.15) is 38.3 Å². The zero-order valence-electron chi connectivity index (χ0n) is 17.1. The SMILES string of the molecule is N#Cc1ccc(C(=O)Nc2cccc(CN(CCCN)C(=O)c3ccccc3)c2)cc1. The molecule has 6 nitrogen and oxygen atoms in total. The summed E-state index contributed by atoms with van der Waals surface area (Å²) in [5.74, 6) is -0.317. The lowest BCUT2D eigenvalue weighted by Crippen LogP contribution is -2.32. The van der Waals surface area contributed by atoms with E-state index in [4.69, 9.17) is 11.0 Å². The van der Waals surface area contributed by atoms with Gasteiger partial charge in [0.25, 0.3) is 11.8 Å². The van der Waals surface area contributed by atoms with Crippen molar-refractivity contribution in [2.45, 2.75) is 13.0 Å². The molecule has 156 valence electrons. The minimum Gasteiger partial charge on any atom is -0.334 e. The predicted molar refractivity (Wildman–Crippen MR) is 120 cm³/mol. The van der Waals surface area contributed by atoms with Gasteiger partial charge in [0.05, 0.1) is 11.6 Å². The summed E-state index contributed by atoms with van der Waals surface area (Å²) in [6, 6.07) is 25.1. The van der Waals surface area contributed by atoms with Crippen molar-refractivity contribution in [2.24, 2.45) is 5.73 Å². The highest BCUT2D eigenvalue weighted by molar-refractivity contribution is 6.04. The van der Waals surface area contributed by atoms with Crippen LogP contribution in [-0.4, -0.2) is 29.8 Å². The molecule has 0 fully saturated rings. The second kappa shape index (κ2) is 10.7. The van der Waals surface area contributed by atoms with Gasteiger partial charge >= 0.3 is 0 Å². The molecule has 0 bridgehead atoms. The topological polar surface area (TPSA) is 99.2 Å². The second-order valence-corrected chi connectivity index (χ2v) is 7.08. The molecule has 3 aromatic carbocycles. The van der Waals surface area contributed by atoms with E-state index < -0.39 is 0 Å². The summed E-state index contributed by atoms with van der Waals surface area (Å²) in [5.41, 5.74) is 8.79. The molecule has 0 atom stereocenters. The summed E-state index contributed by atoms with van der Waals surface area (Å²) in [6.07, 6.45) is 0.702. The van der Waals surface area contributed by atoms with Crippen LogP contribution >= 0.6 is 0 Å². The summed E-state index contributed by atoms with van der Waals surface area (Å²) < 4.78 is 0. The molecule has 0 aliphatic rings. The first-order valence-corrected chi connectivity index (χ1v) is 10.1. The molecular weight excluding hydrogens is 388 g/mol. The quantitative estimate of drug-likeness (QED) is 0.588. The van der Waals surface area contributed by atoms with Crippen LogP contribution in [0.3, 0.4) is 0 Å². The van der Waals surface area contributed by atoms with Crippen molar-refractivity contribution in [3.8, 4) is 6.07 Å². The van der Waals surface area contributed by atoms with Gasteiger partial charge in [0, 0.05) is 29.9 Å². The monoisotopic (exact) mass is 412 g/mol. The number of benzene rings is 3. The fraction of sp³-hybridized carbons (Fsp3) is 0.160. The number of rotatable bonds is 8. The Morgan fingerprint density at radius 3 is 2.35 bits per heavy atom. The molecule has 0 spiro atoms. The van der Waals surface area contributed by atoms with Crippen LogP contribution in [0.4, 0.5) is 5.69 Å². The Bertz CT molecular complexity index is 1070. The Kier molecular flexibility index (Phi) is 7.52. The number of nitrogens with zero attached hydrogens (tertiary/aromatic N) is 2. The fourth-order valence-corrected chi connectivity index (χ4v) is 3.17. The third-order valence-electron chi connectivity index (χ3n) is 4.77. The number of nitrogens with two attached hydrogens (primary N) is 1. The van der Waals surface area contributed by atoms with Gasteiger partial charge in [0.2, 0.25) is 0 Å². The number of anilines is 1. The maximum atomic E-state index is 12.9. The number of amides is 2. The summed E-state index contributed by atoms with van der Waals surface area (Å²) in [7, 11) is 0. The Morgan fingerprint density at radius 1 is 0.935 bits per heavy atom. The van der Waals surface area contributed by atoms with E-state index in [0.717, 1.165) is 5.56 Å². The van der Waals surface area contributed by atoms with Gasteiger partial charge in [-0.15, -0.1) is 0 Å². The van der Waals surface area contributed by atoms with Crippen molar-refractivity contribution < 1.29 is 9.59 Å². The third kappa shape index (κ3) is 6.01. The molecule has 0 heterocycles. The van der Waals surface area contributed by atoms with Gasteiger partial charge in [-0.2, -0.15) is 5.26 Å². The lowest BCUT2D eigenvalue weighted by atomic mass is 10.1. The molecule has 0 unspecified atom stereocenters. The summed E-state index contributed by atoms with van der Waals surface area (Å²) in [6.45, 7) is 1.46. The van der Waals surface area contributed by atoms with Gasteiger partial charge in [0.1, 0.15) is 0 Å². The number of carbonyl (C=O) groups excluding carboxylic acids is 2. The van der Waals surface area contributed by atoms with Crippen molar-refractivity contribution >= 4 is 17.5 Å². The van der Waals surface area contributed by atoms with E-state index in [2.05, 4.69) is 5.32 Å². The average Bonchev–Trinajstić information content (AvgIpc) is 2.82. The standard InChI is InChI=1S/C25H24N4O2/c26-14-5-15-29(25(31)22-7-2-1-3-8-22)18-20-6-4-9-23(16-20)28-24(30)21-12-10-19(17-27)11-13-21/h1-4,6-13,16H,5,14-15,18,26H2,(H,28,30). The largest absolute Gasteiger partial charge is 0.334 e. The van der Waals surface area contributed by atoms with Crippen LogP contribution in [-0.2, 0) is 6.54 Å². The smallest absolute Gasteiger partial charge is 0.255 e. The van der Waals surface area contributed by atoms with Crippen LogP contribution in [0.25, 0.3) is 0 Å². The molecule has 0 aliphatic heterocycles. The second-order valence-electron chi connectivity index (χ2n) is 7.08. The van der Waals surface area contributed by atoms with E-state index in [0.29, 0.717) is 48.4 Å². The van der Waals surface area contributed by atoms with E-state index in [9.17, 15) is 9.59 Å². The van der Waals surface area contributed by atoms with Gasteiger partial charge < -0.3 is 16.0 Å². The highest BCUT2D eigenvalue weighted by Crippen LogP contribution is 2.16. The molecular formula is C25H24N4O2. The van der Waals surface area contributed by atoms with Crippen LogP contribution in [0, 0.1) is 11.3 Å².